The summed E-state index contributed by atoms with van der Waals surface area (Å²) in [7, 11) is 1.37. The summed E-state index contributed by atoms with van der Waals surface area (Å²) < 4.78 is 12.4. The Labute approximate surface area is 163 Å². The molecular weight excluding hydrogens is 366 g/mol. The van der Waals surface area contributed by atoms with E-state index in [0.717, 1.165) is 52.2 Å². The quantitative estimate of drug-likeness (QED) is 0.338. The highest BCUT2D eigenvalue weighted by Gasteiger charge is 2.12. The zero-order chi connectivity index (χ0) is 20.8. The summed E-state index contributed by atoms with van der Waals surface area (Å²) in [5.74, 6) is 0. The molecule has 1 rings (SSSR count). The van der Waals surface area contributed by atoms with E-state index < -0.39 is 17.1 Å². The first-order valence-corrected chi connectivity index (χ1v) is 9.47. The molecule has 0 aromatic carbocycles. The number of hydrogen-bond donors (Lipinski definition) is 0. The van der Waals surface area contributed by atoms with Gasteiger partial charge in [-0.2, -0.15) is 10.5 Å². The van der Waals surface area contributed by atoms with Crippen molar-refractivity contribution in [3.8, 4) is 12.5 Å². The number of nitriles is 2. The van der Waals surface area contributed by atoms with Crippen LogP contribution < -0.4 is 17.1 Å². The van der Waals surface area contributed by atoms with Crippen LogP contribution in [0.2, 0.25) is 0 Å². The average molecular weight is 393 g/mol. The van der Waals surface area contributed by atoms with Crippen molar-refractivity contribution in [1.29, 1.82) is 10.5 Å². The van der Waals surface area contributed by atoms with Crippen molar-refractivity contribution in [3.05, 3.63) is 31.5 Å². The van der Waals surface area contributed by atoms with Gasteiger partial charge < -0.3 is 9.47 Å². The fraction of sp³-hybridized carbons (Fsp3) is 0.722. The van der Waals surface area contributed by atoms with Gasteiger partial charge in [0.25, 0.3) is 12.5 Å². The zero-order valence-electron chi connectivity index (χ0n) is 16.3. The van der Waals surface area contributed by atoms with Gasteiger partial charge in [0.15, 0.2) is 0 Å². The number of aromatic nitrogens is 3. The first-order valence-electron chi connectivity index (χ1n) is 9.47. The largest absolute Gasteiger partial charge is 0.428 e. The smallest absolute Gasteiger partial charge is 0.336 e. The number of unbranched alkanes of at least 4 members (excludes halogenated alkanes) is 6. The molecule has 0 aliphatic carbocycles. The molecule has 0 spiro atoms. The normalized spacial score (nSPS) is 10.2. The summed E-state index contributed by atoms with van der Waals surface area (Å²) in [6.07, 6.45) is 9.16. The molecule has 0 amide bonds. The van der Waals surface area contributed by atoms with Crippen LogP contribution >= 0.6 is 0 Å². The number of nitrogens with zero attached hydrogens (tertiary/aromatic N) is 5. The topological polar surface area (TPSA) is 132 Å². The molecular formula is C18H27N5O5. The SMILES string of the molecule is Cn1c(=O)n(CCCCCCOC#N)c(=O)n(CCCCCCOC#N)c1=O. The highest BCUT2D eigenvalue weighted by molar-refractivity contribution is 4.78. The van der Waals surface area contributed by atoms with Crippen molar-refractivity contribution >= 4 is 0 Å². The van der Waals surface area contributed by atoms with Crippen molar-refractivity contribution in [2.45, 2.75) is 64.5 Å². The highest BCUT2D eigenvalue weighted by Crippen LogP contribution is 2.02. The van der Waals surface area contributed by atoms with E-state index in [1.165, 1.54) is 7.05 Å². The van der Waals surface area contributed by atoms with Crippen LogP contribution in [0.25, 0.3) is 0 Å². The minimum absolute atomic E-state index is 0.246. The predicted octanol–water partition coefficient (Wildman–Crippen LogP) is 0.825. The lowest BCUT2D eigenvalue weighted by Crippen LogP contribution is -2.53. The summed E-state index contributed by atoms with van der Waals surface area (Å²) in [6, 6.07) is 0. The molecule has 0 saturated heterocycles. The van der Waals surface area contributed by atoms with Crippen molar-refractivity contribution in [2.75, 3.05) is 13.2 Å². The van der Waals surface area contributed by atoms with Crippen molar-refractivity contribution in [2.24, 2.45) is 7.05 Å². The molecule has 0 fully saturated rings. The third kappa shape index (κ3) is 7.31. The second-order valence-corrected chi connectivity index (χ2v) is 6.42. The minimum Gasteiger partial charge on any atom is -0.428 e. The molecule has 0 unspecified atom stereocenters. The van der Waals surface area contributed by atoms with Crippen LogP contribution in [0.5, 0.6) is 0 Å². The Morgan fingerprint density at radius 1 is 0.679 bits per heavy atom. The molecule has 0 radical (unpaired) electrons. The molecule has 1 aromatic heterocycles. The summed E-state index contributed by atoms with van der Waals surface area (Å²) in [5.41, 5.74) is -1.78. The molecule has 154 valence electrons. The first kappa shape index (κ1) is 23.0. The molecule has 0 saturated carbocycles. The van der Waals surface area contributed by atoms with Crippen LogP contribution in [0.1, 0.15) is 51.4 Å². The van der Waals surface area contributed by atoms with Gasteiger partial charge in [-0.25, -0.2) is 28.1 Å². The van der Waals surface area contributed by atoms with Gasteiger partial charge in [0, 0.05) is 20.1 Å². The Balaban J connectivity index is 2.63. The van der Waals surface area contributed by atoms with Crippen molar-refractivity contribution in [1.82, 2.24) is 13.7 Å². The third-order valence-corrected chi connectivity index (χ3v) is 4.38. The van der Waals surface area contributed by atoms with Crippen LogP contribution in [0, 0.1) is 23.0 Å². The average Bonchev–Trinajstić information content (AvgIpc) is 2.69. The fourth-order valence-electron chi connectivity index (χ4n) is 2.82. The van der Waals surface area contributed by atoms with E-state index in [1.807, 2.05) is 0 Å². The van der Waals surface area contributed by atoms with Gasteiger partial charge in [0.2, 0.25) is 0 Å². The first-order chi connectivity index (χ1) is 13.5. The van der Waals surface area contributed by atoms with E-state index in [2.05, 4.69) is 9.47 Å². The van der Waals surface area contributed by atoms with E-state index in [1.54, 1.807) is 12.5 Å². The number of hydrogen-bond acceptors (Lipinski definition) is 7. The van der Waals surface area contributed by atoms with E-state index in [-0.39, 0.29) is 13.1 Å². The Kier molecular flexibility index (Phi) is 10.9. The summed E-state index contributed by atoms with van der Waals surface area (Å²) >= 11 is 0. The van der Waals surface area contributed by atoms with Gasteiger partial charge in [0.05, 0.1) is 0 Å². The maximum atomic E-state index is 12.6. The molecule has 10 nitrogen and oxygen atoms in total. The summed E-state index contributed by atoms with van der Waals surface area (Å²) in [5, 5.41) is 16.6. The van der Waals surface area contributed by atoms with Gasteiger partial charge in [-0.05, 0) is 38.5 Å². The molecule has 10 heteroatoms. The number of ether oxygens (including phenoxy) is 2. The van der Waals surface area contributed by atoms with E-state index >= 15 is 0 Å². The number of rotatable bonds is 14. The molecule has 0 N–H and O–H groups in total. The third-order valence-electron chi connectivity index (χ3n) is 4.38. The molecule has 28 heavy (non-hydrogen) atoms. The lowest BCUT2D eigenvalue weighted by Gasteiger charge is -2.11. The Morgan fingerprint density at radius 3 is 1.46 bits per heavy atom. The minimum atomic E-state index is -0.604. The van der Waals surface area contributed by atoms with Crippen LogP contribution in [-0.2, 0) is 29.6 Å². The maximum Gasteiger partial charge on any atom is 0.336 e. The molecule has 0 atom stereocenters. The second kappa shape index (κ2) is 13.2. The van der Waals surface area contributed by atoms with Gasteiger partial charge in [-0.3, -0.25) is 0 Å². The van der Waals surface area contributed by atoms with E-state index in [0.29, 0.717) is 26.1 Å². The Hall–Kier alpha value is -3.01. The zero-order valence-corrected chi connectivity index (χ0v) is 16.3. The molecule has 1 aromatic rings. The summed E-state index contributed by atoms with van der Waals surface area (Å²) in [6.45, 7) is 1.23. The van der Waals surface area contributed by atoms with E-state index in [9.17, 15) is 14.4 Å². The molecule has 1 heterocycles. The van der Waals surface area contributed by atoms with Crippen molar-refractivity contribution in [3.63, 3.8) is 0 Å². The molecule has 0 bridgehead atoms. The van der Waals surface area contributed by atoms with Gasteiger partial charge >= 0.3 is 17.1 Å². The van der Waals surface area contributed by atoms with Crippen LogP contribution in [-0.4, -0.2) is 26.9 Å². The lowest BCUT2D eigenvalue weighted by atomic mass is 10.2. The monoisotopic (exact) mass is 393 g/mol. The van der Waals surface area contributed by atoms with Crippen LogP contribution in [0.3, 0.4) is 0 Å². The lowest BCUT2D eigenvalue weighted by molar-refractivity contribution is 0.259. The Morgan fingerprint density at radius 2 is 1.07 bits per heavy atom. The van der Waals surface area contributed by atoms with Gasteiger partial charge in [0.1, 0.15) is 13.2 Å². The standard InChI is InChI=1S/C18H27N5O5/c1-21-16(24)22(10-6-2-4-8-12-27-14-19)18(26)23(17(21)25)11-7-3-5-9-13-28-15-20/h2-13H2,1H3. The van der Waals surface area contributed by atoms with Crippen molar-refractivity contribution < 1.29 is 9.47 Å². The van der Waals surface area contributed by atoms with Crippen LogP contribution in [0.15, 0.2) is 14.4 Å². The van der Waals surface area contributed by atoms with E-state index in [4.69, 9.17) is 10.5 Å². The fourth-order valence-corrected chi connectivity index (χ4v) is 2.82. The van der Waals surface area contributed by atoms with Gasteiger partial charge in [-0.1, -0.05) is 12.8 Å². The molecule has 0 aliphatic rings. The highest BCUT2D eigenvalue weighted by atomic mass is 16.5. The predicted molar refractivity (Wildman–Crippen MR) is 100 cm³/mol. The maximum absolute atomic E-state index is 12.6. The summed E-state index contributed by atoms with van der Waals surface area (Å²) in [4.78, 5) is 37.1. The second-order valence-electron chi connectivity index (χ2n) is 6.42. The Bertz CT molecular complexity index is 789. The van der Waals surface area contributed by atoms with Crippen LogP contribution in [0.4, 0.5) is 0 Å². The van der Waals surface area contributed by atoms with Gasteiger partial charge in [-0.15, -0.1) is 0 Å². The molecule has 0 aliphatic heterocycles.